The first-order valence-electron chi connectivity index (χ1n) is 9.43. The van der Waals surface area contributed by atoms with Gasteiger partial charge >= 0.3 is 0 Å². The Morgan fingerprint density at radius 3 is 2.52 bits per heavy atom. The fraction of sp³-hybridized carbons (Fsp3) is 0.450. The van der Waals surface area contributed by atoms with Gasteiger partial charge in [0.2, 0.25) is 18.2 Å². The quantitative estimate of drug-likeness (QED) is 0.347. The first-order valence-corrected chi connectivity index (χ1v) is 9.43. The van der Waals surface area contributed by atoms with Gasteiger partial charge in [-0.3, -0.25) is 24.1 Å². The lowest BCUT2D eigenvalue weighted by Crippen LogP contribution is -2.48. The zero-order valence-corrected chi connectivity index (χ0v) is 16.8. The maximum Gasteiger partial charge on any atom is 0.261 e. The number of carbonyl (C=O) groups is 5. The molecule has 0 saturated heterocycles. The van der Waals surface area contributed by atoms with Gasteiger partial charge in [0.15, 0.2) is 0 Å². The van der Waals surface area contributed by atoms with Crippen LogP contribution in [0.25, 0.3) is 0 Å². The van der Waals surface area contributed by atoms with Crippen LogP contribution < -0.4 is 16.4 Å². The van der Waals surface area contributed by atoms with E-state index < -0.39 is 17.9 Å². The Bertz CT molecular complexity index is 750. The van der Waals surface area contributed by atoms with Gasteiger partial charge in [0.05, 0.1) is 0 Å². The van der Waals surface area contributed by atoms with Crippen molar-refractivity contribution in [3.63, 3.8) is 0 Å². The number of hydrogen-bond donors (Lipinski definition) is 3. The average molecular weight is 404 g/mol. The standard InChI is InChI=1S/C20H28N4O5/c1-14-15(7-5-8-16(14)23-18(27)10-3-4-11-21)20(29)24(13-26)17(9-6-12-25)19(28)22-2/h5,7-8,12-13,17H,3-4,6,9-11,21H2,1-2H3,(H,22,28)(H,23,27). The Labute approximate surface area is 170 Å². The second kappa shape index (κ2) is 12.4. The van der Waals surface area contributed by atoms with E-state index in [1.807, 2.05) is 0 Å². The number of aldehydes is 1. The van der Waals surface area contributed by atoms with E-state index in [9.17, 15) is 24.0 Å². The van der Waals surface area contributed by atoms with Crippen molar-refractivity contribution < 1.29 is 24.0 Å². The molecule has 158 valence electrons. The number of amides is 4. The molecule has 1 aromatic rings. The second-order valence-corrected chi connectivity index (χ2v) is 6.46. The van der Waals surface area contributed by atoms with Crippen LogP contribution in [0.4, 0.5) is 5.69 Å². The van der Waals surface area contributed by atoms with Crippen molar-refractivity contribution in [2.45, 2.75) is 45.1 Å². The lowest BCUT2D eigenvalue weighted by molar-refractivity contribution is -0.131. The number of imide groups is 1. The number of nitrogens with one attached hydrogen (secondary N) is 2. The molecule has 0 spiro atoms. The summed E-state index contributed by atoms with van der Waals surface area (Å²) >= 11 is 0. The van der Waals surface area contributed by atoms with Crippen molar-refractivity contribution in [1.82, 2.24) is 10.2 Å². The number of nitrogens with two attached hydrogens (primary N) is 1. The van der Waals surface area contributed by atoms with Crippen LogP contribution in [-0.2, 0) is 19.2 Å². The van der Waals surface area contributed by atoms with Crippen molar-refractivity contribution in [2.75, 3.05) is 18.9 Å². The van der Waals surface area contributed by atoms with Gasteiger partial charge in [-0.25, -0.2) is 0 Å². The molecule has 1 aromatic carbocycles. The predicted molar refractivity (Wildman–Crippen MR) is 108 cm³/mol. The van der Waals surface area contributed by atoms with Crippen LogP contribution in [0.3, 0.4) is 0 Å². The number of benzene rings is 1. The normalized spacial score (nSPS) is 11.3. The largest absolute Gasteiger partial charge is 0.357 e. The van der Waals surface area contributed by atoms with E-state index in [1.165, 1.54) is 13.1 Å². The van der Waals surface area contributed by atoms with Crippen molar-refractivity contribution in [2.24, 2.45) is 5.73 Å². The summed E-state index contributed by atoms with van der Waals surface area (Å²) < 4.78 is 0. The average Bonchev–Trinajstić information content (AvgIpc) is 2.71. The molecule has 0 saturated carbocycles. The smallest absolute Gasteiger partial charge is 0.261 e. The molecule has 0 aliphatic rings. The highest BCUT2D eigenvalue weighted by molar-refractivity contribution is 6.05. The molecule has 1 rings (SSSR count). The summed E-state index contributed by atoms with van der Waals surface area (Å²) in [4.78, 5) is 60.3. The summed E-state index contributed by atoms with van der Waals surface area (Å²) in [5, 5.41) is 5.15. The molecule has 0 fully saturated rings. The van der Waals surface area contributed by atoms with Crippen molar-refractivity contribution >= 4 is 36.1 Å². The minimum absolute atomic E-state index is 0.0181. The minimum atomic E-state index is -1.11. The van der Waals surface area contributed by atoms with E-state index in [0.29, 0.717) is 36.9 Å². The molecular formula is C20H28N4O5. The lowest BCUT2D eigenvalue weighted by Gasteiger charge is -2.25. The third kappa shape index (κ3) is 6.79. The van der Waals surface area contributed by atoms with Gasteiger partial charge in [-0.1, -0.05) is 6.07 Å². The van der Waals surface area contributed by atoms with Gasteiger partial charge in [-0.05, 0) is 50.4 Å². The molecule has 0 heterocycles. The molecule has 1 unspecified atom stereocenters. The molecule has 9 heteroatoms. The number of rotatable bonds is 12. The number of likely N-dealkylation sites (N-methyl/N-ethyl adjacent to an activating group) is 1. The number of unbranched alkanes of at least 4 members (excludes halogenated alkanes) is 1. The van der Waals surface area contributed by atoms with E-state index in [1.54, 1.807) is 19.1 Å². The van der Waals surface area contributed by atoms with Gasteiger partial charge in [-0.2, -0.15) is 0 Å². The second-order valence-electron chi connectivity index (χ2n) is 6.46. The molecule has 4 N–H and O–H groups in total. The predicted octanol–water partition coefficient (Wildman–Crippen LogP) is 0.755. The third-order valence-electron chi connectivity index (χ3n) is 4.49. The van der Waals surface area contributed by atoms with E-state index in [2.05, 4.69) is 10.6 Å². The Morgan fingerprint density at radius 1 is 1.21 bits per heavy atom. The van der Waals surface area contributed by atoms with Crippen LogP contribution in [-0.4, -0.2) is 55.0 Å². The van der Waals surface area contributed by atoms with Crippen LogP contribution in [0.15, 0.2) is 18.2 Å². The summed E-state index contributed by atoms with van der Waals surface area (Å²) in [6.45, 7) is 2.15. The van der Waals surface area contributed by atoms with Crippen LogP contribution in [0.1, 0.15) is 48.0 Å². The first kappa shape index (κ1) is 24.0. The monoisotopic (exact) mass is 404 g/mol. The Morgan fingerprint density at radius 2 is 1.93 bits per heavy atom. The van der Waals surface area contributed by atoms with Crippen molar-refractivity contribution in [3.8, 4) is 0 Å². The van der Waals surface area contributed by atoms with E-state index in [-0.39, 0.29) is 30.7 Å². The molecule has 0 aliphatic carbocycles. The van der Waals surface area contributed by atoms with Gasteiger partial charge < -0.3 is 21.2 Å². The van der Waals surface area contributed by atoms with Crippen LogP contribution >= 0.6 is 0 Å². The Hall–Kier alpha value is -3.07. The zero-order valence-electron chi connectivity index (χ0n) is 16.8. The van der Waals surface area contributed by atoms with Gasteiger partial charge in [0, 0.05) is 31.1 Å². The summed E-state index contributed by atoms with van der Waals surface area (Å²) in [5.74, 6) is -1.43. The van der Waals surface area contributed by atoms with Crippen molar-refractivity contribution in [1.29, 1.82) is 0 Å². The highest BCUT2D eigenvalue weighted by atomic mass is 16.2. The van der Waals surface area contributed by atoms with Crippen molar-refractivity contribution in [3.05, 3.63) is 29.3 Å². The Balaban J connectivity index is 3.09. The molecule has 0 aliphatic heterocycles. The fourth-order valence-corrected chi connectivity index (χ4v) is 2.84. The molecule has 9 nitrogen and oxygen atoms in total. The summed E-state index contributed by atoms with van der Waals surface area (Å²) in [6.07, 6.45) is 2.64. The molecule has 1 atom stereocenters. The highest BCUT2D eigenvalue weighted by Crippen LogP contribution is 2.22. The first-order chi connectivity index (χ1) is 13.9. The molecule has 0 aromatic heterocycles. The molecule has 0 bridgehead atoms. The number of carbonyl (C=O) groups excluding carboxylic acids is 5. The van der Waals surface area contributed by atoms with Gasteiger partial charge in [0.1, 0.15) is 12.3 Å². The fourth-order valence-electron chi connectivity index (χ4n) is 2.84. The number of anilines is 1. The van der Waals surface area contributed by atoms with Crippen LogP contribution in [0.2, 0.25) is 0 Å². The minimum Gasteiger partial charge on any atom is -0.357 e. The van der Waals surface area contributed by atoms with Gasteiger partial charge in [-0.15, -0.1) is 0 Å². The van der Waals surface area contributed by atoms with E-state index >= 15 is 0 Å². The lowest BCUT2D eigenvalue weighted by atomic mass is 10.0. The van der Waals surface area contributed by atoms with E-state index in [4.69, 9.17) is 5.73 Å². The molecule has 4 amide bonds. The molecular weight excluding hydrogens is 376 g/mol. The topological polar surface area (TPSA) is 139 Å². The maximum absolute atomic E-state index is 13.0. The zero-order chi connectivity index (χ0) is 21.8. The van der Waals surface area contributed by atoms with E-state index in [0.717, 1.165) is 11.3 Å². The Kier molecular flexibility index (Phi) is 10.2. The summed E-state index contributed by atoms with van der Waals surface area (Å²) in [5.41, 5.74) is 6.52. The van der Waals surface area contributed by atoms with Crippen LogP contribution in [0, 0.1) is 6.92 Å². The van der Waals surface area contributed by atoms with Gasteiger partial charge in [0.25, 0.3) is 5.91 Å². The summed E-state index contributed by atoms with van der Waals surface area (Å²) in [7, 11) is 1.38. The SMILES string of the molecule is CNC(=O)C(CCC=O)N(C=O)C(=O)c1cccc(NC(=O)CCCCN)c1C. The maximum atomic E-state index is 13.0. The molecule has 0 radical (unpaired) electrons. The number of nitrogens with zero attached hydrogens (tertiary/aromatic N) is 1. The molecule has 29 heavy (non-hydrogen) atoms. The highest BCUT2D eigenvalue weighted by Gasteiger charge is 2.30. The third-order valence-corrected chi connectivity index (χ3v) is 4.49. The van der Waals surface area contributed by atoms with Crippen LogP contribution in [0.5, 0.6) is 0 Å². The summed E-state index contributed by atoms with van der Waals surface area (Å²) in [6, 6.07) is 3.64. The number of hydrogen-bond acceptors (Lipinski definition) is 6.